The summed E-state index contributed by atoms with van der Waals surface area (Å²) in [5.41, 5.74) is 1.07. The van der Waals surface area contributed by atoms with Gasteiger partial charge < -0.3 is 19.5 Å². The van der Waals surface area contributed by atoms with Crippen LogP contribution in [0.25, 0.3) is 0 Å². The Morgan fingerprint density at radius 1 is 1.25 bits per heavy atom. The molecule has 8 heteroatoms. The van der Waals surface area contributed by atoms with Crippen molar-refractivity contribution in [2.24, 2.45) is 23.2 Å². The van der Waals surface area contributed by atoms with Crippen LogP contribution in [0, 0.1) is 34.5 Å². The van der Waals surface area contributed by atoms with Gasteiger partial charge in [-0.15, -0.1) is 0 Å². The van der Waals surface area contributed by atoms with E-state index in [4.69, 9.17) is 14.6 Å². The van der Waals surface area contributed by atoms with Crippen LogP contribution in [-0.2, 0) is 25.3 Å². The molecule has 0 aromatic heterocycles. The summed E-state index contributed by atoms with van der Waals surface area (Å²) in [5, 5.41) is 12.1. The van der Waals surface area contributed by atoms with Gasteiger partial charge in [-0.3, -0.25) is 9.59 Å². The Labute approximate surface area is 215 Å². The monoisotopic (exact) mass is 491 g/mol. The number of benzene rings is 1. The maximum absolute atomic E-state index is 13.3. The predicted molar refractivity (Wildman–Crippen MR) is 136 cm³/mol. The third-order valence-corrected chi connectivity index (χ3v) is 9.52. The number of amides is 2. The third kappa shape index (κ3) is 4.68. The molecule has 0 radical (unpaired) electrons. The van der Waals surface area contributed by atoms with Gasteiger partial charge in [0.25, 0.3) is 0 Å². The number of piperidine rings is 1. The van der Waals surface area contributed by atoms with Crippen molar-refractivity contribution in [2.75, 3.05) is 13.1 Å². The number of nitrogens with one attached hydrogen (secondary N) is 1. The van der Waals surface area contributed by atoms with Crippen LogP contribution in [0.3, 0.4) is 0 Å². The van der Waals surface area contributed by atoms with E-state index in [9.17, 15) is 9.59 Å². The fourth-order valence-electron chi connectivity index (χ4n) is 7.32. The summed E-state index contributed by atoms with van der Waals surface area (Å²) in [6.07, 6.45) is 4.91. The van der Waals surface area contributed by atoms with Crippen molar-refractivity contribution in [1.29, 1.82) is 5.26 Å². The van der Waals surface area contributed by atoms with E-state index in [1.165, 1.54) is 6.42 Å². The topological polar surface area (TPSA) is 91.7 Å². The lowest BCUT2D eigenvalue weighted by Crippen LogP contribution is -2.65. The largest absolute Gasteiger partial charge is 0.482 e. The molecule has 0 unspecified atom stereocenters. The van der Waals surface area contributed by atoms with Crippen molar-refractivity contribution < 1.29 is 18.9 Å². The number of rotatable bonds is 7. The molecule has 192 valence electrons. The summed E-state index contributed by atoms with van der Waals surface area (Å²) in [6, 6.07) is 12.1. The summed E-state index contributed by atoms with van der Waals surface area (Å²) in [4.78, 5) is 27.2. The number of hydrogen-bond acceptors (Lipinski definition) is 5. The molecule has 1 aromatic carbocycles. The standard InChI is InChI=1S/C28H38BN3O4/c1-27(2)21-16-22(27)28(3)23(17-21)35-29(36-28)24(14-19-8-5-4-6-9-19)31-25(33)15-20-10-7-13-32(18-20)26(34)11-12-30/h4-6,8-9,20-24H,7,10-11,13-18H2,1-3H3,(H,31,33)/t20-,21-,22-,23+,24-,28-/m0/s1. The van der Waals surface area contributed by atoms with Crippen LogP contribution in [0.4, 0.5) is 0 Å². The molecule has 5 aliphatic rings. The number of hydrogen-bond donors (Lipinski definition) is 1. The second-order valence-electron chi connectivity index (χ2n) is 12.1. The fourth-order valence-corrected chi connectivity index (χ4v) is 7.32. The summed E-state index contributed by atoms with van der Waals surface area (Å²) in [5.74, 6) is 0.760. The molecule has 2 heterocycles. The second kappa shape index (κ2) is 9.83. The molecule has 2 aliphatic heterocycles. The van der Waals surface area contributed by atoms with E-state index in [0.717, 1.165) is 24.8 Å². The van der Waals surface area contributed by atoms with Gasteiger partial charge in [0.1, 0.15) is 6.42 Å². The smallest absolute Gasteiger partial charge is 0.404 e. The highest BCUT2D eigenvalue weighted by molar-refractivity contribution is 6.48. The fraction of sp³-hybridized carbons (Fsp3) is 0.679. The minimum atomic E-state index is -0.487. The van der Waals surface area contributed by atoms with E-state index in [-0.39, 0.29) is 47.2 Å². The lowest BCUT2D eigenvalue weighted by Gasteiger charge is -2.64. The van der Waals surface area contributed by atoms with Crippen molar-refractivity contribution in [3.63, 3.8) is 0 Å². The highest BCUT2D eigenvalue weighted by atomic mass is 16.7. The van der Waals surface area contributed by atoms with Crippen LogP contribution in [0.5, 0.6) is 0 Å². The molecule has 3 aliphatic carbocycles. The molecular weight excluding hydrogens is 453 g/mol. The lowest BCUT2D eigenvalue weighted by atomic mass is 9.43. The first kappa shape index (κ1) is 25.3. The van der Waals surface area contributed by atoms with Crippen molar-refractivity contribution in [2.45, 2.75) is 83.4 Å². The van der Waals surface area contributed by atoms with Crippen LogP contribution in [-0.4, -0.2) is 54.6 Å². The highest BCUT2D eigenvalue weighted by Gasteiger charge is 2.68. The number of carbonyl (C=O) groups is 2. The molecule has 0 spiro atoms. The number of carbonyl (C=O) groups excluding carboxylic acids is 2. The Morgan fingerprint density at radius 3 is 2.75 bits per heavy atom. The van der Waals surface area contributed by atoms with Crippen molar-refractivity contribution in [3.8, 4) is 6.07 Å². The lowest BCUT2D eigenvalue weighted by molar-refractivity contribution is -0.199. The van der Waals surface area contributed by atoms with Gasteiger partial charge in [0, 0.05) is 19.5 Å². The Balaban J connectivity index is 1.26. The molecule has 6 rings (SSSR count). The molecule has 7 nitrogen and oxygen atoms in total. The van der Waals surface area contributed by atoms with Crippen LogP contribution < -0.4 is 5.32 Å². The summed E-state index contributed by atoms with van der Waals surface area (Å²) in [7, 11) is -0.487. The molecular formula is C28H38BN3O4. The Bertz CT molecular complexity index is 1030. The third-order valence-electron chi connectivity index (χ3n) is 9.52. The van der Waals surface area contributed by atoms with E-state index in [2.05, 4.69) is 38.2 Å². The second-order valence-corrected chi connectivity index (χ2v) is 12.1. The van der Waals surface area contributed by atoms with E-state index in [1.54, 1.807) is 4.90 Å². The average Bonchev–Trinajstić information content (AvgIpc) is 3.21. The highest BCUT2D eigenvalue weighted by Crippen LogP contribution is 2.65. The van der Waals surface area contributed by atoms with Gasteiger partial charge in [-0.1, -0.05) is 44.2 Å². The van der Waals surface area contributed by atoms with Gasteiger partial charge in [0.2, 0.25) is 11.8 Å². The van der Waals surface area contributed by atoms with Crippen LogP contribution >= 0.6 is 0 Å². The molecule has 6 atom stereocenters. The first-order chi connectivity index (χ1) is 17.2. The zero-order valence-electron chi connectivity index (χ0n) is 21.7. The SMILES string of the molecule is CC1(C)[C@@H]2C[C@H]3OB([C@H](Cc4ccccc4)NC(=O)C[C@@H]4CCCN(C(=O)CC#N)C4)O[C@@]3(C)[C@H]1C2. The maximum Gasteiger partial charge on any atom is 0.482 e. The predicted octanol–water partition coefficient (Wildman–Crippen LogP) is 3.52. The number of nitrogens with zero attached hydrogens (tertiary/aromatic N) is 2. The first-order valence-electron chi connectivity index (χ1n) is 13.5. The summed E-state index contributed by atoms with van der Waals surface area (Å²) >= 11 is 0. The maximum atomic E-state index is 13.3. The Morgan fingerprint density at radius 2 is 2.03 bits per heavy atom. The average molecular weight is 491 g/mol. The Kier molecular flexibility index (Phi) is 6.91. The number of nitriles is 1. The zero-order chi connectivity index (χ0) is 25.5. The molecule has 36 heavy (non-hydrogen) atoms. The molecule has 1 aromatic rings. The molecule has 1 N–H and O–H groups in total. The summed E-state index contributed by atoms with van der Waals surface area (Å²) in [6.45, 7) is 8.10. The molecule has 2 saturated heterocycles. The van der Waals surface area contributed by atoms with Gasteiger partial charge in [-0.25, -0.2) is 0 Å². The van der Waals surface area contributed by atoms with Crippen LogP contribution in [0.15, 0.2) is 30.3 Å². The molecule has 5 fully saturated rings. The van der Waals surface area contributed by atoms with E-state index >= 15 is 0 Å². The van der Waals surface area contributed by atoms with Crippen molar-refractivity contribution in [1.82, 2.24) is 10.2 Å². The van der Waals surface area contributed by atoms with E-state index in [1.807, 2.05) is 24.3 Å². The van der Waals surface area contributed by atoms with Gasteiger partial charge in [-0.05, 0) is 67.8 Å². The Hall–Kier alpha value is -2.37. The first-order valence-corrected chi connectivity index (χ1v) is 13.5. The minimum Gasteiger partial charge on any atom is -0.404 e. The van der Waals surface area contributed by atoms with Crippen LogP contribution in [0.1, 0.15) is 64.9 Å². The van der Waals surface area contributed by atoms with Gasteiger partial charge >= 0.3 is 7.12 Å². The van der Waals surface area contributed by atoms with Crippen molar-refractivity contribution in [3.05, 3.63) is 35.9 Å². The van der Waals surface area contributed by atoms with Crippen molar-refractivity contribution >= 4 is 18.9 Å². The minimum absolute atomic E-state index is 0.0348. The van der Waals surface area contributed by atoms with Crippen LogP contribution in [0.2, 0.25) is 0 Å². The van der Waals surface area contributed by atoms with Gasteiger partial charge in [0.15, 0.2) is 0 Å². The van der Waals surface area contributed by atoms with E-state index in [0.29, 0.717) is 37.8 Å². The summed E-state index contributed by atoms with van der Waals surface area (Å²) < 4.78 is 13.3. The molecule has 2 amide bonds. The van der Waals surface area contributed by atoms with Gasteiger partial charge in [-0.2, -0.15) is 5.26 Å². The van der Waals surface area contributed by atoms with Gasteiger partial charge in [0.05, 0.1) is 23.7 Å². The zero-order valence-corrected chi connectivity index (χ0v) is 21.7. The quantitative estimate of drug-likeness (QED) is 0.590. The number of likely N-dealkylation sites (tertiary alicyclic amines) is 1. The van der Waals surface area contributed by atoms with E-state index < -0.39 is 7.12 Å². The molecule has 3 saturated carbocycles. The molecule has 2 bridgehead atoms. The normalized spacial score (nSPS) is 33.2.